The maximum Gasteiger partial charge on any atom is 0.407 e. The van der Waals surface area contributed by atoms with Crippen LogP contribution in [0.3, 0.4) is 0 Å². The number of unbranched alkanes of at least 4 members (excludes halogenated alkanes) is 1. The highest BCUT2D eigenvalue weighted by atomic mass is 32.1. The zero-order chi connectivity index (χ0) is 32.3. The molecule has 2 heterocycles. The van der Waals surface area contributed by atoms with Gasteiger partial charge in [-0.3, -0.25) is 4.79 Å². The van der Waals surface area contributed by atoms with Crippen LogP contribution in [0.25, 0.3) is 11.2 Å². The molecular formula is C29H39N7O7S. The fourth-order valence-electron chi connectivity index (χ4n) is 4.26. The Morgan fingerprint density at radius 3 is 2.41 bits per heavy atom. The molecule has 0 bridgehead atoms. The van der Waals surface area contributed by atoms with Gasteiger partial charge in [0.25, 0.3) is 0 Å². The van der Waals surface area contributed by atoms with Gasteiger partial charge in [-0.15, -0.1) is 0 Å². The molecule has 0 fully saturated rings. The highest BCUT2D eigenvalue weighted by Crippen LogP contribution is 2.15. The van der Waals surface area contributed by atoms with Crippen molar-refractivity contribution in [3.05, 3.63) is 53.2 Å². The Kier molecular flexibility index (Phi) is 12.2. The second-order valence-corrected chi connectivity index (χ2v) is 11.4. The first kappa shape index (κ1) is 34.0. The monoisotopic (exact) mass is 629 g/mol. The first-order valence-electron chi connectivity index (χ1n) is 14.2. The van der Waals surface area contributed by atoms with E-state index in [0.29, 0.717) is 28.6 Å². The number of aliphatic carboxylic acids is 1. The highest BCUT2D eigenvalue weighted by Gasteiger charge is 2.30. The molecule has 0 aliphatic rings. The van der Waals surface area contributed by atoms with Gasteiger partial charge in [-0.1, -0.05) is 42.5 Å². The van der Waals surface area contributed by atoms with Crippen LogP contribution in [0.5, 0.6) is 0 Å². The molecule has 0 saturated carbocycles. The van der Waals surface area contributed by atoms with E-state index in [1.165, 1.54) is 22.1 Å². The molecule has 3 rings (SSSR count). The largest absolute Gasteiger partial charge is 0.480 e. The summed E-state index contributed by atoms with van der Waals surface area (Å²) in [5, 5.41) is 15.3. The number of amides is 3. The van der Waals surface area contributed by atoms with Crippen LogP contribution in [0.1, 0.15) is 45.6 Å². The van der Waals surface area contributed by atoms with Crippen LogP contribution in [-0.4, -0.2) is 84.4 Å². The van der Waals surface area contributed by atoms with Crippen molar-refractivity contribution < 1.29 is 33.8 Å². The molecule has 0 unspecified atom stereocenters. The van der Waals surface area contributed by atoms with Crippen molar-refractivity contribution in [2.45, 2.75) is 64.8 Å². The number of benzene rings is 1. The molecule has 15 heteroatoms. The van der Waals surface area contributed by atoms with Gasteiger partial charge in [0, 0.05) is 26.7 Å². The number of ether oxygens (including phenoxy) is 2. The van der Waals surface area contributed by atoms with Gasteiger partial charge in [-0.05, 0) is 45.6 Å². The van der Waals surface area contributed by atoms with E-state index in [0.717, 1.165) is 5.56 Å². The van der Waals surface area contributed by atoms with Crippen LogP contribution < -0.4 is 10.6 Å². The first-order chi connectivity index (χ1) is 20.9. The van der Waals surface area contributed by atoms with Crippen molar-refractivity contribution in [3.63, 3.8) is 0 Å². The van der Waals surface area contributed by atoms with Crippen LogP contribution >= 0.6 is 12.2 Å². The van der Waals surface area contributed by atoms with Crippen LogP contribution in [0.4, 0.5) is 9.59 Å². The van der Waals surface area contributed by atoms with Crippen LogP contribution in [0.2, 0.25) is 0 Å². The molecule has 3 aromatic rings. The maximum atomic E-state index is 13.6. The molecule has 3 N–H and O–H groups in total. The molecule has 0 aliphatic heterocycles. The third-order valence-electron chi connectivity index (χ3n) is 6.38. The summed E-state index contributed by atoms with van der Waals surface area (Å²) in [5.41, 5.74) is 0.975. The first-order valence-corrected chi connectivity index (χ1v) is 14.6. The molecule has 0 radical (unpaired) electrons. The van der Waals surface area contributed by atoms with Crippen LogP contribution in [0.15, 0.2) is 43.0 Å². The Morgan fingerprint density at radius 2 is 1.73 bits per heavy atom. The number of aryl methyl sites for hydroxylation is 1. The number of nitrogens with one attached hydrogen (secondary N) is 2. The van der Waals surface area contributed by atoms with E-state index in [1.807, 2.05) is 30.3 Å². The highest BCUT2D eigenvalue weighted by molar-refractivity contribution is 7.71. The van der Waals surface area contributed by atoms with Gasteiger partial charge in [-0.25, -0.2) is 24.4 Å². The Labute approximate surface area is 260 Å². The maximum absolute atomic E-state index is 13.6. The normalized spacial score (nSPS) is 11.9. The van der Waals surface area contributed by atoms with E-state index < -0.39 is 35.7 Å². The Morgan fingerprint density at radius 1 is 1.02 bits per heavy atom. The molecule has 3 amide bonds. The lowest BCUT2D eigenvalue weighted by atomic mass is 10.1. The number of carboxylic acid groups (broad SMARTS) is 1. The molecule has 0 spiro atoms. The van der Waals surface area contributed by atoms with Crippen LogP contribution in [0, 0.1) is 4.64 Å². The van der Waals surface area contributed by atoms with Crippen molar-refractivity contribution in [2.75, 3.05) is 19.6 Å². The second-order valence-electron chi connectivity index (χ2n) is 11.1. The second kappa shape index (κ2) is 15.8. The summed E-state index contributed by atoms with van der Waals surface area (Å²) in [6.45, 7) is 5.21. The number of alkyl carbamates (subject to hydrolysis) is 2. The Hall–Kier alpha value is -4.53. The summed E-state index contributed by atoms with van der Waals surface area (Å²) >= 11 is 5.38. The van der Waals surface area contributed by atoms with Gasteiger partial charge in [0.05, 0.1) is 12.7 Å². The number of aromatic nitrogens is 4. The predicted molar refractivity (Wildman–Crippen MR) is 163 cm³/mol. The summed E-state index contributed by atoms with van der Waals surface area (Å²) < 4.78 is 14.0. The van der Waals surface area contributed by atoms with Crippen LogP contribution in [-0.2, 0) is 39.3 Å². The minimum Gasteiger partial charge on any atom is -0.480 e. The lowest BCUT2D eigenvalue weighted by Gasteiger charge is -2.30. The van der Waals surface area contributed by atoms with E-state index >= 15 is 0 Å². The quantitative estimate of drug-likeness (QED) is 0.177. The SMILES string of the molecule is Cn1cnc2c(ncn2CC(=O)N(CCNC(=O)OC(C)(C)C)[C@@H](CCCCNC(=O)OCc2ccccc2)C(=O)O)c1=S. The van der Waals surface area contributed by atoms with E-state index in [9.17, 15) is 24.3 Å². The number of fused-ring (bicyclic) bond motifs is 1. The van der Waals surface area contributed by atoms with E-state index in [4.69, 9.17) is 21.7 Å². The van der Waals surface area contributed by atoms with Crippen molar-refractivity contribution in [1.29, 1.82) is 0 Å². The van der Waals surface area contributed by atoms with Crippen molar-refractivity contribution in [2.24, 2.45) is 7.05 Å². The number of hydrogen-bond donors (Lipinski definition) is 3. The summed E-state index contributed by atoms with van der Waals surface area (Å²) in [4.78, 5) is 59.9. The smallest absolute Gasteiger partial charge is 0.407 e. The average Bonchev–Trinajstić information content (AvgIpc) is 3.36. The topological polar surface area (TPSA) is 170 Å². The summed E-state index contributed by atoms with van der Waals surface area (Å²) in [6.07, 6.45) is 2.65. The van der Waals surface area contributed by atoms with E-state index in [1.54, 1.807) is 32.4 Å². The predicted octanol–water partition coefficient (Wildman–Crippen LogP) is 3.40. The standard InChI is InChI=1S/C29H39N7O7S/c1-29(2,3)43-28(41)31-14-15-36(22(37)16-35-19-32-23-24(35)33-18-34(4)25(23)44)21(26(38)39)12-8-9-13-30-27(40)42-17-20-10-6-5-7-11-20/h5-7,10-11,18-19,21H,8-9,12-17H2,1-4H3,(H,30,40)(H,31,41)(H,38,39)/t21-/m0/s1. The molecular weight excluding hydrogens is 590 g/mol. The lowest BCUT2D eigenvalue weighted by molar-refractivity contribution is -0.150. The van der Waals surface area contributed by atoms with Crippen molar-refractivity contribution in [1.82, 2.24) is 34.6 Å². The zero-order valence-corrected chi connectivity index (χ0v) is 26.1. The molecule has 1 aromatic carbocycles. The zero-order valence-electron chi connectivity index (χ0n) is 25.3. The summed E-state index contributed by atoms with van der Waals surface area (Å²) in [7, 11) is 1.74. The fourth-order valence-corrected chi connectivity index (χ4v) is 4.45. The van der Waals surface area contributed by atoms with Crippen molar-refractivity contribution in [3.8, 4) is 0 Å². The minimum absolute atomic E-state index is 0.0334. The molecule has 0 saturated heterocycles. The number of nitrogens with zero attached hydrogens (tertiary/aromatic N) is 5. The third kappa shape index (κ3) is 10.3. The Bertz CT molecular complexity index is 1500. The van der Waals surface area contributed by atoms with Gasteiger partial charge >= 0.3 is 18.2 Å². The fraction of sp³-hybridized carbons (Fsp3) is 0.483. The van der Waals surface area contributed by atoms with E-state index in [2.05, 4.69) is 20.6 Å². The van der Waals surface area contributed by atoms with Crippen molar-refractivity contribution >= 4 is 47.4 Å². The summed E-state index contributed by atoms with van der Waals surface area (Å²) in [5.74, 6) is -1.70. The van der Waals surface area contributed by atoms with E-state index in [-0.39, 0.29) is 39.2 Å². The number of imidazole rings is 1. The molecule has 1 atom stereocenters. The number of hydrogen-bond acceptors (Lipinski definition) is 9. The average molecular weight is 630 g/mol. The molecule has 14 nitrogen and oxygen atoms in total. The number of rotatable bonds is 14. The van der Waals surface area contributed by atoms with Gasteiger partial charge in [0.1, 0.15) is 35.0 Å². The lowest BCUT2D eigenvalue weighted by Crippen LogP contribution is -2.49. The minimum atomic E-state index is -1.20. The third-order valence-corrected chi connectivity index (χ3v) is 6.86. The molecule has 238 valence electrons. The molecule has 0 aliphatic carbocycles. The number of carbonyl (C=O) groups is 4. The summed E-state index contributed by atoms with van der Waals surface area (Å²) in [6, 6.07) is 8.07. The van der Waals surface area contributed by atoms with Gasteiger partial charge < -0.3 is 39.2 Å². The van der Waals surface area contributed by atoms with Gasteiger partial charge in [0.15, 0.2) is 5.65 Å². The number of carboxylic acids is 1. The Balaban J connectivity index is 1.63. The number of carbonyl (C=O) groups excluding carboxylic acids is 3. The van der Waals surface area contributed by atoms with Gasteiger partial charge in [0.2, 0.25) is 5.91 Å². The molecule has 2 aromatic heterocycles. The van der Waals surface area contributed by atoms with Gasteiger partial charge in [-0.2, -0.15) is 0 Å². The molecule has 44 heavy (non-hydrogen) atoms.